The van der Waals surface area contributed by atoms with E-state index >= 15 is 0 Å². The maximum Gasteiger partial charge on any atom is 0.263 e. The van der Waals surface area contributed by atoms with E-state index in [4.69, 9.17) is 11.5 Å². The summed E-state index contributed by atoms with van der Waals surface area (Å²) in [5.41, 5.74) is 15.5. The summed E-state index contributed by atoms with van der Waals surface area (Å²) in [5, 5.41) is 18.6. The van der Waals surface area contributed by atoms with Crippen molar-refractivity contribution in [3.63, 3.8) is 0 Å². The molecule has 3 aromatic heterocycles. The quantitative estimate of drug-likeness (QED) is 0.252. The predicted molar refractivity (Wildman–Crippen MR) is 149 cm³/mol. The Morgan fingerprint density at radius 2 is 1.68 bits per heavy atom. The van der Waals surface area contributed by atoms with E-state index in [1.165, 1.54) is 24.3 Å². The average molecular weight is 562 g/mol. The van der Waals surface area contributed by atoms with E-state index in [1.54, 1.807) is 6.92 Å². The first-order valence-corrected chi connectivity index (χ1v) is 14.2. The van der Waals surface area contributed by atoms with Gasteiger partial charge in [-0.25, -0.2) is 13.4 Å². The number of aryl methyl sites for hydroxylation is 2. The van der Waals surface area contributed by atoms with Crippen molar-refractivity contribution >= 4 is 65.3 Å². The molecule has 0 amide bonds. The monoisotopic (exact) mass is 561 g/mol. The number of thiophene rings is 1. The van der Waals surface area contributed by atoms with Crippen molar-refractivity contribution in [3.05, 3.63) is 75.1 Å². The number of nitriles is 1. The molecule has 0 saturated heterocycles. The SMILES string of the molecule is Cc1ccc(-c2c(C#N)c(N)nc3sc(C(=O)c4ccc(S(=O)(=O)Nc5nnc(C)s5)cc4)c(N)c23)cc1. The van der Waals surface area contributed by atoms with Gasteiger partial charge in [0.05, 0.1) is 10.6 Å². The summed E-state index contributed by atoms with van der Waals surface area (Å²) in [6.45, 7) is 3.66. The van der Waals surface area contributed by atoms with Crippen LogP contribution in [0.4, 0.5) is 16.6 Å². The lowest BCUT2D eigenvalue weighted by Crippen LogP contribution is -2.13. The van der Waals surface area contributed by atoms with Gasteiger partial charge in [0.2, 0.25) is 10.9 Å². The van der Waals surface area contributed by atoms with Crippen molar-refractivity contribution < 1.29 is 13.2 Å². The Morgan fingerprint density at radius 3 is 2.29 bits per heavy atom. The molecule has 0 bridgehead atoms. The number of carbonyl (C=O) groups is 1. The molecule has 0 saturated carbocycles. The fourth-order valence-corrected chi connectivity index (χ4v) is 6.78. The number of carbonyl (C=O) groups excluding carboxylic acids is 1. The summed E-state index contributed by atoms with van der Waals surface area (Å²) in [7, 11) is -3.92. The minimum Gasteiger partial charge on any atom is -0.397 e. The number of rotatable bonds is 6. The van der Waals surface area contributed by atoms with E-state index in [0.29, 0.717) is 20.8 Å². The third kappa shape index (κ3) is 4.45. The lowest BCUT2D eigenvalue weighted by Gasteiger charge is -2.10. The molecule has 0 fully saturated rings. The van der Waals surface area contributed by atoms with Crippen molar-refractivity contribution in [2.24, 2.45) is 0 Å². The van der Waals surface area contributed by atoms with E-state index < -0.39 is 15.8 Å². The number of hydrogen-bond acceptors (Lipinski definition) is 11. The summed E-state index contributed by atoms with van der Waals surface area (Å²) in [6.07, 6.45) is 0. The first-order chi connectivity index (χ1) is 18.1. The second kappa shape index (κ2) is 9.49. The van der Waals surface area contributed by atoms with Gasteiger partial charge in [0.25, 0.3) is 10.0 Å². The van der Waals surface area contributed by atoms with E-state index in [0.717, 1.165) is 33.8 Å². The number of hydrogen-bond donors (Lipinski definition) is 3. The van der Waals surface area contributed by atoms with Crippen LogP contribution in [-0.4, -0.2) is 29.4 Å². The van der Waals surface area contributed by atoms with Crippen LogP contribution < -0.4 is 16.2 Å². The number of ketones is 1. The maximum atomic E-state index is 13.4. The van der Waals surface area contributed by atoms with Gasteiger partial charge in [0.15, 0.2) is 0 Å². The molecule has 13 heteroatoms. The molecule has 5 N–H and O–H groups in total. The topological polar surface area (TPSA) is 178 Å². The zero-order valence-corrected chi connectivity index (χ0v) is 22.5. The lowest BCUT2D eigenvalue weighted by atomic mass is 9.96. The van der Waals surface area contributed by atoms with Crippen LogP contribution in [-0.2, 0) is 10.0 Å². The van der Waals surface area contributed by atoms with Crippen LogP contribution in [0.1, 0.15) is 31.4 Å². The van der Waals surface area contributed by atoms with E-state index in [-0.39, 0.29) is 37.5 Å². The van der Waals surface area contributed by atoms with Crippen LogP contribution in [0.15, 0.2) is 53.4 Å². The van der Waals surface area contributed by atoms with Gasteiger partial charge in [-0.05, 0) is 43.7 Å². The predicted octanol–water partition coefficient (Wildman–Crippen LogP) is 4.50. The van der Waals surface area contributed by atoms with Gasteiger partial charge in [-0.3, -0.25) is 9.52 Å². The third-order valence-electron chi connectivity index (χ3n) is 5.74. The average Bonchev–Trinajstić information content (AvgIpc) is 3.44. The molecule has 0 radical (unpaired) electrons. The fourth-order valence-electron chi connectivity index (χ4n) is 3.89. The van der Waals surface area contributed by atoms with Crippen LogP contribution in [0.3, 0.4) is 0 Å². The van der Waals surface area contributed by atoms with Gasteiger partial charge in [-0.1, -0.05) is 41.2 Å². The number of sulfonamides is 1. The Bertz CT molecular complexity index is 1870. The number of nitrogens with zero attached hydrogens (tertiary/aromatic N) is 4. The van der Waals surface area contributed by atoms with Crippen LogP contribution >= 0.6 is 22.7 Å². The Morgan fingerprint density at radius 1 is 1.00 bits per heavy atom. The largest absolute Gasteiger partial charge is 0.397 e. The molecule has 10 nitrogen and oxygen atoms in total. The summed E-state index contributed by atoms with van der Waals surface area (Å²) in [6, 6.07) is 15.1. The normalized spacial score (nSPS) is 11.4. The van der Waals surface area contributed by atoms with E-state index in [2.05, 4.69) is 26.0 Å². The van der Waals surface area contributed by atoms with Gasteiger partial charge >= 0.3 is 0 Å². The smallest absolute Gasteiger partial charge is 0.263 e. The van der Waals surface area contributed by atoms with Crippen LogP contribution in [0.5, 0.6) is 0 Å². The molecule has 5 aromatic rings. The molecule has 0 atom stereocenters. The molecular formula is C25H19N7O3S3. The summed E-state index contributed by atoms with van der Waals surface area (Å²) >= 11 is 2.17. The number of fused-ring (bicyclic) bond motifs is 1. The Balaban J connectivity index is 1.55. The van der Waals surface area contributed by atoms with Crippen molar-refractivity contribution in [1.82, 2.24) is 15.2 Å². The Hall–Kier alpha value is -4.38. The summed E-state index contributed by atoms with van der Waals surface area (Å²) < 4.78 is 27.8. The highest BCUT2D eigenvalue weighted by Gasteiger charge is 2.25. The number of nitrogen functional groups attached to an aromatic ring is 2. The van der Waals surface area contributed by atoms with Gasteiger partial charge in [-0.15, -0.1) is 21.5 Å². The molecule has 5 rings (SSSR count). The van der Waals surface area contributed by atoms with Crippen molar-refractivity contribution in [2.45, 2.75) is 18.7 Å². The molecule has 0 aliphatic heterocycles. The van der Waals surface area contributed by atoms with Crippen LogP contribution in [0.2, 0.25) is 0 Å². The van der Waals surface area contributed by atoms with Crippen molar-refractivity contribution in [1.29, 1.82) is 5.26 Å². The fraction of sp³-hybridized carbons (Fsp3) is 0.0800. The van der Waals surface area contributed by atoms with Crippen LogP contribution in [0.25, 0.3) is 21.3 Å². The highest BCUT2D eigenvalue weighted by Crippen LogP contribution is 2.43. The molecule has 0 aliphatic carbocycles. The second-order valence-corrected chi connectivity index (χ2v) is 12.2. The molecule has 190 valence electrons. The zero-order valence-electron chi connectivity index (χ0n) is 20.0. The number of pyridine rings is 1. The molecule has 3 heterocycles. The lowest BCUT2D eigenvalue weighted by molar-refractivity contribution is 0.104. The molecule has 0 unspecified atom stereocenters. The maximum absolute atomic E-state index is 13.4. The number of nitrogens with one attached hydrogen (secondary N) is 1. The number of anilines is 3. The summed E-state index contributed by atoms with van der Waals surface area (Å²) in [4.78, 5) is 18.4. The highest BCUT2D eigenvalue weighted by atomic mass is 32.2. The standard InChI is InChI=1S/C25H19N7O3S3/c1-12-3-5-14(6-4-12)18-17(11-26)23(28)29-24-19(18)20(27)22(37-24)21(33)15-7-9-16(10-8-15)38(34,35)32-25-31-30-13(2)36-25/h3-10H,27H2,1-2H3,(H2,28,29)(H,31,32). The van der Waals surface area contributed by atoms with Gasteiger partial charge in [0, 0.05) is 16.5 Å². The van der Waals surface area contributed by atoms with E-state index in [1.807, 2.05) is 31.2 Å². The van der Waals surface area contributed by atoms with E-state index in [9.17, 15) is 18.5 Å². The first-order valence-electron chi connectivity index (χ1n) is 11.1. The molecule has 38 heavy (non-hydrogen) atoms. The molecule has 2 aromatic carbocycles. The Kier molecular flexibility index (Phi) is 6.31. The second-order valence-electron chi connectivity index (χ2n) is 8.34. The molecule has 0 aliphatic rings. The first kappa shape index (κ1) is 25.3. The van der Waals surface area contributed by atoms with Gasteiger partial charge in [0.1, 0.15) is 32.2 Å². The third-order valence-corrected chi connectivity index (χ3v) is 9.07. The minimum atomic E-state index is -3.92. The number of nitrogens with two attached hydrogens (primary N) is 2. The van der Waals surface area contributed by atoms with Crippen LogP contribution in [0, 0.1) is 25.2 Å². The van der Waals surface area contributed by atoms with Gasteiger partial charge < -0.3 is 11.5 Å². The number of benzene rings is 2. The minimum absolute atomic E-state index is 0.0408. The zero-order chi connectivity index (χ0) is 27.2. The highest BCUT2D eigenvalue weighted by molar-refractivity contribution is 7.93. The van der Waals surface area contributed by atoms with Gasteiger partial charge in [-0.2, -0.15) is 5.26 Å². The Labute approximate surface area is 225 Å². The number of aromatic nitrogens is 3. The molecular weight excluding hydrogens is 543 g/mol. The van der Waals surface area contributed by atoms with Crippen molar-refractivity contribution in [2.75, 3.05) is 16.2 Å². The molecule has 0 spiro atoms. The summed E-state index contributed by atoms with van der Waals surface area (Å²) in [5.74, 6) is -0.363. The van der Waals surface area contributed by atoms with Crippen molar-refractivity contribution in [3.8, 4) is 17.2 Å².